The van der Waals surface area contributed by atoms with Crippen molar-refractivity contribution in [3.8, 4) is 0 Å². The van der Waals surface area contributed by atoms with Crippen molar-refractivity contribution in [3.05, 3.63) is 93.0 Å². The second-order valence-corrected chi connectivity index (χ2v) is 9.10. The van der Waals surface area contributed by atoms with E-state index in [0.29, 0.717) is 11.3 Å². The fourth-order valence-electron chi connectivity index (χ4n) is 3.20. The van der Waals surface area contributed by atoms with Gasteiger partial charge in [-0.1, -0.05) is 29.8 Å². The number of hydrogen-bond acceptors (Lipinski definition) is 5. The van der Waals surface area contributed by atoms with E-state index in [0.717, 1.165) is 0 Å². The first-order valence-electron chi connectivity index (χ1n) is 9.59. The second-order valence-electron chi connectivity index (χ2n) is 6.86. The van der Waals surface area contributed by atoms with Gasteiger partial charge in [0.05, 0.1) is 15.6 Å². The summed E-state index contributed by atoms with van der Waals surface area (Å²) in [5, 5.41) is 13.6. The van der Waals surface area contributed by atoms with Gasteiger partial charge in [0.15, 0.2) is 0 Å². The van der Waals surface area contributed by atoms with E-state index < -0.39 is 20.9 Å². The van der Waals surface area contributed by atoms with Crippen LogP contribution in [0.4, 0.5) is 17.1 Å². The number of hydrogen-bond donors (Lipinski definition) is 1. The number of carbonyl (C=O) groups is 1. The average molecular weight is 474 g/mol. The summed E-state index contributed by atoms with van der Waals surface area (Å²) in [4.78, 5) is 22.9. The molecular formula is C22H20ClN3O5S. The van der Waals surface area contributed by atoms with Gasteiger partial charge in [0, 0.05) is 29.9 Å². The van der Waals surface area contributed by atoms with Crippen molar-refractivity contribution in [2.45, 2.75) is 18.7 Å². The molecule has 0 saturated heterocycles. The summed E-state index contributed by atoms with van der Waals surface area (Å²) < 4.78 is 27.8. The van der Waals surface area contributed by atoms with Gasteiger partial charge in [-0.3, -0.25) is 19.2 Å². The molecule has 0 unspecified atom stereocenters. The predicted octanol–water partition coefficient (Wildman–Crippen LogP) is 5.02. The Kier molecular flexibility index (Phi) is 6.81. The molecule has 0 fully saturated rings. The van der Waals surface area contributed by atoms with Gasteiger partial charge < -0.3 is 5.32 Å². The van der Waals surface area contributed by atoms with E-state index in [1.54, 1.807) is 44.2 Å². The van der Waals surface area contributed by atoms with Gasteiger partial charge in [-0.2, -0.15) is 0 Å². The van der Waals surface area contributed by atoms with E-state index in [2.05, 4.69) is 5.32 Å². The van der Waals surface area contributed by atoms with E-state index in [1.165, 1.54) is 40.7 Å². The number of sulfonamides is 1. The number of aryl methyl sites for hydroxylation is 1. The topological polar surface area (TPSA) is 110 Å². The van der Waals surface area contributed by atoms with Crippen LogP contribution in [0.25, 0.3) is 0 Å². The number of nitro benzene ring substituents is 1. The third-order valence-corrected chi connectivity index (χ3v) is 7.14. The molecule has 1 N–H and O–H groups in total. The van der Waals surface area contributed by atoms with Crippen LogP contribution in [0.1, 0.15) is 22.8 Å². The Bertz CT molecular complexity index is 1280. The first-order valence-corrected chi connectivity index (χ1v) is 11.4. The Morgan fingerprint density at radius 3 is 2.38 bits per heavy atom. The smallest absolute Gasteiger partial charge is 0.269 e. The van der Waals surface area contributed by atoms with Crippen LogP contribution in [-0.4, -0.2) is 25.8 Å². The summed E-state index contributed by atoms with van der Waals surface area (Å²) in [6, 6.07) is 16.7. The van der Waals surface area contributed by atoms with E-state index in [4.69, 9.17) is 11.6 Å². The van der Waals surface area contributed by atoms with Gasteiger partial charge in [0.25, 0.3) is 21.6 Å². The highest BCUT2D eigenvalue weighted by Crippen LogP contribution is 2.31. The lowest BCUT2D eigenvalue weighted by molar-refractivity contribution is -0.384. The number of anilines is 2. The summed E-state index contributed by atoms with van der Waals surface area (Å²) in [7, 11) is -4.01. The normalized spacial score (nSPS) is 11.1. The summed E-state index contributed by atoms with van der Waals surface area (Å²) in [5.41, 5.74) is 1.23. The maximum absolute atomic E-state index is 13.3. The van der Waals surface area contributed by atoms with Crippen molar-refractivity contribution in [2.24, 2.45) is 0 Å². The monoisotopic (exact) mass is 473 g/mol. The lowest BCUT2D eigenvalue weighted by Crippen LogP contribution is -2.31. The number of nitro groups is 1. The predicted molar refractivity (Wildman–Crippen MR) is 124 cm³/mol. The first-order chi connectivity index (χ1) is 15.1. The summed E-state index contributed by atoms with van der Waals surface area (Å²) in [6.07, 6.45) is 0. The van der Waals surface area contributed by atoms with Crippen LogP contribution in [-0.2, 0) is 10.0 Å². The number of carbonyl (C=O) groups excluding carboxylic acids is 1. The lowest BCUT2D eigenvalue weighted by atomic mass is 10.1. The molecule has 0 aromatic heterocycles. The molecule has 0 saturated carbocycles. The number of halogens is 1. The fraction of sp³-hybridized carbons (Fsp3) is 0.136. The minimum atomic E-state index is -4.01. The molecule has 0 heterocycles. The number of non-ortho nitro benzene ring substituents is 1. The van der Waals surface area contributed by atoms with Crippen molar-refractivity contribution < 1.29 is 18.1 Å². The second kappa shape index (κ2) is 9.37. The highest BCUT2D eigenvalue weighted by Gasteiger charge is 2.27. The molecule has 8 nitrogen and oxygen atoms in total. The Hall–Kier alpha value is -3.43. The molecule has 166 valence electrons. The zero-order valence-corrected chi connectivity index (χ0v) is 18.9. The van der Waals surface area contributed by atoms with E-state index in [-0.39, 0.29) is 33.4 Å². The highest BCUT2D eigenvalue weighted by atomic mass is 35.5. The molecule has 0 atom stereocenters. The molecule has 0 aliphatic heterocycles. The molecule has 3 aromatic rings. The Morgan fingerprint density at radius 1 is 1.09 bits per heavy atom. The Morgan fingerprint density at radius 2 is 1.78 bits per heavy atom. The molecule has 32 heavy (non-hydrogen) atoms. The zero-order valence-electron chi connectivity index (χ0n) is 17.3. The fourth-order valence-corrected chi connectivity index (χ4v) is 5.17. The van der Waals surface area contributed by atoms with Crippen molar-refractivity contribution >= 4 is 44.6 Å². The number of rotatable bonds is 7. The minimum Gasteiger partial charge on any atom is -0.322 e. The molecule has 3 rings (SSSR count). The van der Waals surface area contributed by atoms with Crippen molar-refractivity contribution in [3.63, 3.8) is 0 Å². The molecule has 0 spiro atoms. The van der Waals surface area contributed by atoms with Gasteiger partial charge in [0.1, 0.15) is 4.90 Å². The Labute approximate surface area is 190 Å². The van der Waals surface area contributed by atoms with Crippen LogP contribution in [0, 0.1) is 17.0 Å². The molecular weight excluding hydrogens is 454 g/mol. The van der Waals surface area contributed by atoms with Gasteiger partial charge in [-0.15, -0.1) is 0 Å². The number of benzene rings is 3. The van der Waals surface area contributed by atoms with Crippen LogP contribution in [0.3, 0.4) is 0 Å². The summed E-state index contributed by atoms with van der Waals surface area (Å²) in [5.74, 6) is -0.529. The lowest BCUT2D eigenvalue weighted by Gasteiger charge is -2.23. The molecule has 0 bridgehead atoms. The molecule has 10 heteroatoms. The SMILES string of the molecule is CCN(c1ccccc1)S(=O)(=O)c1cc(NC(=O)c2ccc([N+](=O)[O-])cc2C)ccc1Cl. The van der Waals surface area contributed by atoms with Crippen LogP contribution >= 0.6 is 11.6 Å². The maximum Gasteiger partial charge on any atom is 0.269 e. The maximum atomic E-state index is 13.3. The molecule has 0 radical (unpaired) electrons. The summed E-state index contributed by atoms with van der Waals surface area (Å²) >= 11 is 6.21. The quantitative estimate of drug-likeness (QED) is 0.382. The molecule has 0 aliphatic rings. The zero-order chi connectivity index (χ0) is 23.5. The van der Waals surface area contributed by atoms with Crippen molar-refractivity contribution in [2.75, 3.05) is 16.2 Å². The summed E-state index contributed by atoms with van der Waals surface area (Å²) in [6.45, 7) is 3.47. The standard InChI is InChI=1S/C22H20ClN3O5S/c1-3-25(17-7-5-4-6-8-17)32(30,31)21-14-16(9-12-20(21)23)24-22(27)19-11-10-18(26(28)29)13-15(19)2/h4-14H,3H2,1-2H3,(H,24,27). The Balaban J connectivity index is 1.93. The average Bonchev–Trinajstić information content (AvgIpc) is 2.75. The first kappa shape index (κ1) is 23.2. The molecule has 3 aromatic carbocycles. The van der Waals surface area contributed by atoms with Crippen molar-refractivity contribution in [1.82, 2.24) is 0 Å². The molecule has 1 amide bonds. The largest absolute Gasteiger partial charge is 0.322 e. The molecule has 0 aliphatic carbocycles. The van der Waals surface area contributed by atoms with E-state index in [1.807, 2.05) is 0 Å². The number of nitrogens with one attached hydrogen (secondary N) is 1. The number of nitrogens with zero attached hydrogens (tertiary/aromatic N) is 2. The van der Waals surface area contributed by atoms with E-state index in [9.17, 15) is 23.3 Å². The van der Waals surface area contributed by atoms with Gasteiger partial charge in [-0.25, -0.2) is 8.42 Å². The van der Waals surface area contributed by atoms with Crippen LogP contribution in [0.15, 0.2) is 71.6 Å². The van der Waals surface area contributed by atoms with Crippen LogP contribution < -0.4 is 9.62 Å². The van der Waals surface area contributed by atoms with Crippen molar-refractivity contribution in [1.29, 1.82) is 0 Å². The van der Waals surface area contributed by atoms with Gasteiger partial charge >= 0.3 is 0 Å². The van der Waals surface area contributed by atoms with Crippen LogP contribution in [0.5, 0.6) is 0 Å². The van der Waals surface area contributed by atoms with Gasteiger partial charge in [-0.05, 0) is 55.8 Å². The van der Waals surface area contributed by atoms with Crippen LogP contribution in [0.2, 0.25) is 5.02 Å². The number of para-hydroxylation sites is 1. The highest BCUT2D eigenvalue weighted by molar-refractivity contribution is 7.93. The van der Waals surface area contributed by atoms with E-state index >= 15 is 0 Å². The van der Waals surface area contributed by atoms with Gasteiger partial charge in [0.2, 0.25) is 0 Å². The minimum absolute atomic E-state index is 0.0175. The number of amides is 1. The third kappa shape index (κ3) is 4.74. The third-order valence-electron chi connectivity index (χ3n) is 4.75.